The van der Waals surface area contributed by atoms with Crippen LogP contribution in [-0.2, 0) is 6.42 Å². The Hall–Kier alpha value is -1.36. The topological polar surface area (TPSA) is 61.0 Å². The number of aromatic nitrogens is 2. The summed E-state index contributed by atoms with van der Waals surface area (Å²) in [6.45, 7) is 11.1. The molecule has 1 fully saturated rings. The minimum absolute atomic E-state index is 0.0730. The normalized spacial score (nSPS) is 22.7. The van der Waals surface area contributed by atoms with Crippen molar-refractivity contribution in [1.29, 1.82) is 0 Å². The van der Waals surface area contributed by atoms with Crippen LogP contribution in [0.1, 0.15) is 56.2 Å². The maximum Gasteiger partial charge on any atom is 0.271 e. The van der Waals surface area contributed by atoms with Gasteiger partial charge in [-0.3, -0.25) is 9.89 Å². The Balaban J connectivity index is 1.60. The molecule has 1 aliphatic heterocycles. The third kappa shape index (κ3) is 5.13. The fourth-order valence-electron chi connectivity index (χ4n) is 3.39. The van der Waals surface area contributed by atoms with Gasteiger partial charge in [0.05, 0.1) is 0 Å². The van der Waals surface area contributed by atoms with Gasteiger partial charge in [-0.25, -0.2) is 0 Å². The third-order valence-corrected chi connectivity index (χ3v) is 4.38. The summed E-state index contributed by atoms with van der Waals surface area (Å²) < 4.78 is 0. The van der Waals surface area contributed by atoms with Crippen LogP contribution in [0, 0.1) is 11.8 Å². The summed E-state index contributed by atoms with van der Waals surface area (Å²) in [6.07, 6.45) is 4.39. The molecule has 2 rings (SSSR count). The van der Waals surface area contributed by atoms with E-state index in [9.17, 15) is 4.79 Å². The first-order chi connectivity index (χ1) is 10.6. The zero-order chi connectivity index (χ0) is 15.9. The van der Waals surface area contributed by atoms with Gasteiger partial charge < -0.3 is 10.2 Å². The predicted octanol–water partition coefficient (Wildman–Crippen LogP) is 2.46. The number of rotatable bonds is 7. The lowest BCUT2D eigenvalue weighted by Gasteiger charge is -2.34. The van der Waals surface area contributed by atoms with Crippen LogP contribution < -0.4 is 5.32 Å². The van der Waals surface area contributed by atoms with Gasteiger partial charge in [0.25, 0.3) is 5.91 Å². The smallest absolute Gasteiger partial charge is 0.271 e. The molecule has 2 unspecified atom stereocenters. The van der Waals surface area contributed by atoms with Gasteiger partial charge in [0.15, 0.2) is 0 Å². The van der Waals surface area contributed by atoms with Crippen molar-refractivity contribution in [1.82, 2.24) is 20.4 Å². The number of aryl methyl sites for hydroxylation is 1. The van der Waals surface area contributed by atoms with Crippen molar-refractivity contribution in [3.8, 4) is 0 Å². The first-order valence-corrected chi connectivity index (χ1v) is 8.63. The molecule has 5 heteroatoms. The predicted molar refractivity (Wildman–Crippen MR) is 88.9 cm³/mol. The van der Waals surface area contributed by atoms with E-state index in [0.29, 0.717) is 5.69 Å². The lowest BCUT2D eigenvalue weighted by atomic mass is 9.92. The number of carbonyl (C=O) groups is 1. The summed E-state index contributed by atoms with van der Waals surface area (Å²) in [6, 6.07) is 1.83. The molecule has 0 bridgehead atoms. The molecule has 1 aromatic heterocycles. The molecular formula is C17H30N4O. The molecule has 2 N–H and O–H groups in total. The molecule has 2 heterocycles. The van der Waals surface area contributed by atoms with E-state index in [0.717, 1.165) is 49.9 Å². The van der Waals surface area contributed by atoms with E-state index in [1.807, 2.05) is 13.0 Å². The van der Waals surface area contributed by atoms with Crippen LogP contribution in [-0.4, -0.2) is 47.2 Å². The van der Waals surface area contributed by atoms with Gasteiger partial charge in [0.1, 0.15) is 5.69 Å². The molecule has 0 spiro atoms. The number of hydrogen-bond donors (Lipinski definition) is 2. The summed E-state index contributed by atoms with van der Waals surface area (Å²) in [5.41, 5.74) is 1.49. The van der Waals surface area contributed by atoms with E-state index in [-0.39, 0.29) is 5.91 Å². The average molecular weight is 306 g/mol. The van der Waals surface area contributed by atoms with E-state index >= 15 is 0 Å². The van der Waals surface area contributed by atoms with Crippen LogP contribution in [0.25, 0.3) is 0 Å². The van der Waals surface area contributed by atoms with Gasteiger partial charge in [-0.2, -0.15) is 5.10 Å². The molecular weight excluding hydrogens is 276 g/mol. The number of H-pyrrole nitrogens is 1. The maximum absolute atomic E-state index is 11.9. The summed E-state index contributed by atoms with van der Waals surface area (Å²) in [7, 11) is 0. The largest absolute Gasteiger partial charge is 0.351 e. The minimum Gasteiger partial charge on any atom is -0.351 e. The second kappa shape index (κ2) is 8.32. The van der Waals surface area contributed by atoms with Crippen LogP contribution >= 0.6 is 0 Å². The summed E-state index contributed by atoms with van der Waals surface area (Å²) in [5.74, 6) is 1.56. The highest BCUT2D eigenvalue weighted by molar-refractivity contribution is 5.92. The monoisotopic (exact) mass is 306 g/mol. The van der Waals surface area contributed by atoms with Crippen molar-refractivity contribution < 1.29 is 4.79 Å². The first-order valence-electron chi connectivity index (χ1n) is 8.63. The van der Waals surface area contributed by atoms with Crippen molar-refractivity contribution in [3.63, 3.8) is 0 Å². The molecule has 22 heavy (non-hydrogen) atoms. The Labute approximate surface area is 133 Å². The Morgan fingerprint density at radius 3 is 2.73 bits per heavy atom. The van der Waals surface area contributed by atoms with E-state index in [2.05, 4.69) is 34.3 Å². The number of unbranched alkanes of at least 4 members (excludes halogenated alkanes) is 1. The lowest BCUT2D eigenvalue weighted by Crippen LogP contribution is -2.39. The number of carbonyl (C=O) groups excluding carboxylic acids is 1. The molecule has 0 radical (unpaired) electrons. The van der Waals surface area contributed by atoms with Crippen LogP contribution in [0.15, 0.2) is 6.07 Å². The number of aromatic amines is 1. The molecule has 1 aromatic rings. The zero-order valence-corrected chi connectivity index (χ0v) is 14.2. The second-order valence-electron chi connectivity index (χ2n) is 6.80. The Bertz CT molecular complexity index is 461. The highest BCUT2D eigenvalue weighted by atomic mass is 16.1. The molecule has 124 valence electrons. The quantitative estimate of drug-likeness (QED) is 0.761. The standard InChI is InChI=1S/C17H30N4O/c1-4-15-10-16(20-19-15)17(22)18-7-5-6-8-21-11-13(2)9-14(3)12-21/h10,13-14H,4-9,11-12H2,1-3H3,(H,18,22)(H,19,20). The molecule has 0 aliphatic carbocycles. The molecule has 2 atom stereocenters. The lowest BCUT2D eigenvalue weighted by molar-refractivity contribution is 0.0946. The highest BCUT2D eigenvalue weighted by Gasteiger charge is 2.20. The SMILES string of the molecule is CCc1cc(C(=O)NCCCCN2CC(C)CC(C)C2)n[nH]1. The molecule has 0 saturated carbocycles. The van der Waals surface area contributed by atoms with Gasteiger partial charge in [0, 0.05) is 25.3 Å². The first kappa shape index (κ1) is 17.0. The fraction of sp³-hybridized carbons (Fsp3) is 0.765. The number of amides is 1. The van der Waals surface area contributed by atoms with E-state index < -0.39 is 0 Å². The zero-order valence-electron chi connectivity index (χ0n) is 14.2. The molecule has 1 aliphatic rings. The number of hydrogen-bond acceptors (Lipinski definition) is 3. The molecule has 1 amide bonds. The number of piperidine rings is 1. The van der Waals surface area contributed by atoms with Crippen LogP contribution in [0.3, 0.4) is 0 Å². The van der Waals surface area contributed by atoms with E-state index in [4.69, 9.17) is 0 Å². The molecule has 1 saturated heterocycles. The number of nitrogens with one attached hydrogen (secondary N) is 2. The van der Waals surface area contributed by atoms with Crippen LogP contribution in [0.5, 0.6) is 0 Å². The van der Waals surface area contributed by atoms with Crippen molar-refractivity contribution in [3.05, 3.63) is 17.5 Å². The van der Waals surface area contributed by atoms with Gasteiger partial charge in [-0.1, -0.05) is 20.8 Å². The Morgan fingerprint density at radius 2 is 2.09 bits per heavy atom. The Kier molecular flexibility index (Phi) is 6.43. The maximum atomic E-state index is 11.9. The Morgan fingerprint density at radius 1 is 1.36 bits per heavy atom. The van der Waals surface area contributed by atoms with E-state index in [1.54, 1.807) is 0 Å². The minimum atomic E-state index is -0.0730. The van der Waals surface area contributed by atoms with Gasteiger partial charge in [-0.05, 0) is 50.1 Å². The third-order valence-electron chi connectivity index (χ3n) is 4.38. The van der Waals surface area contributed by atoms with Crippen LogP contribution in [0.4, 0.5) is 0 Å². The van der Waals surface area contributed by atoms with Crippen molar-refractivity contribution in [2.24, 2.45) is 11.8 Å². The number of likely N-dealkylation sites (tertiary alicyclic amines) is 1. The highest BCUT2D eigenvalue weighted by Crippen LogP contribution is 2.20. The van der Waals surface area contributed by atoms with E-state index in [1.165, 1.54) is 19.5 Å². The van der Waals surface area contributed by atoms with Crippen molar-refractivity contribution in [2.75, 3.05) is 26.2 Å². The number of nitrogens with zero attached hydrogens (tertiary/aromatic N) is 2. The summed E-state index contributed by atoms with van der Waals surface area (Å²) in [4.78, 5) is 14.5. The fourth-order valence-corrected chi connectivity index (χ4v) is 3.39. The molecule has 5 nitrogen and oxygen atoms in total. The van der Waals surface area contributed by atoms with Gasteiger partial charge >= 0.3 is 0 Å². The van der Waals surface area contributed by atoms with Gasteiger partial charge in [-0.15, -0.1) is 0 Å². The van der Waals surface area contributed by atoms with Crippen LogP contribution in [0.2, 0.25) is 0 Å². The summed E-state index contributed by atoms with van der Waals surface area (Å²) in [5, 5.41) is 9.85. The van der Waals surface area contributed by atoms with Gasteiger partial charge in [0.2, 0.25) is 0 Å². The second-order valence-corrected chi connectivity index (χ2v) is 6.80. The summed E-state index contributed by atoms with van der Waals surface area (Å²) >= 11 is 0. The molecule has 0 aromatic carbocycles. The average Bonchev–Trinajstić information content (AvgIpc) is 2.94. The van der Waals surface area contributed by atoms with Crippen molar-refractivity contribution >= 4 is 5.91 Å². The van der Waals surface area contributed by atoms with Crippen molar-refractivity contribution in [2.45, 2.75) is 46.5 Å².